The molecule has 7 nitrogen and oxygen atoms in total. The highest BCUT2D eigenvalue weighted by atomic mass is 32.1. The quantitative estimate of drug-likeness (QED) is 0.860. The van der Waals surface area contributed by atoms with Gasteiger partial charge in [-0.25, -0.2) is 0 Å². The van der Waals surface area contributed by atoms with Crippen molar-refractivity contribution < 1.29 is 9.59 Å². The van der Waals surface area contributed by atoms with Gasteiger partial charge in [0.05, 0.1) is 5.92 Å². The number of aromatic nitrogens is 2. The molecule has 27 heavy (non-hydrogen) atoms. The molecule has 8 heteroatoms. The van der Waals surface area contributed by atoms with Crippen LogP contribution in [0, 0.1) is 5.92 Å². The Labute approximate surface area is 162 Å². The van der Waals surface area contributed by atoms with Gasteiger partial charge in [-0.2, -0.15) is 0 Å². The van der Waals surface area contributed by atoms with Gasteiger partial charge in [-0.15, -0.1) is 10.2 Å². The summed E-state index contributed by atoms with van der Waals surface area (Å²) in [5.74, 6) is -0.287. The van der Waals surface area contributed by atoms with Crippen molar-refractivity contribution in [1.82, 2.24) is 15.1 Å². The molecule has 3 heterocycles. The first-order valence-corrected chi connectivity index (χ1v) is 10.1. The van der Waals surface area contributed by atoms with E-state index >= 15 is 0 Å². The van der Waals surface area contributed by atoms with Crippen molar-refractivity contribution in [3.63, 3.8) is 0 Å². The Hall–Kier alpha value is -2.32. The summed E-state index contributed by atoms with van der Waals surface area (Å²) in [6.07, 6.45) is 2.59. The van der Waals surface area contributed by atoms with E-state index in [1.54, 1.807) is 4.90 Å². The molecule has 1 atom stereocenters. The first-order chi connectivity index (χ1) is 13.1. The zero-order valence-electron chi connectivity index (χ0n) is 15.1. The maximum Gasteiger partial charge on any atom is 0.229 e. The Balaban J connectivity index is 1.40. The molecule has 2 fully saturated rings. The lowest BCUT2D eigenvalue weighted by Crippen LogP contribution is -2.45. The third kappa shape index (κ3) is 4.01. The van der Waals surface area contributed by atoms with Gasteiger partial charge in [0.15, 0.2) is 0 Å². The minimum atomic E-state index is -0.298. The molecular weight excluding hydrogens is 362 g/mol. The van der Waals surface area contributed by atoms with Crippen LogP contribution in [0.1, 0.15) is 29.8 Å². The number of amides is 2. The predicted molar refractivity (Wildman–Crippen MR) is 103 cm³/mol. The number of rotatable bonds is 4. The number of anilines is 1. The summed E-state index contributed by atoms with van der Waals surface area (Å²) in [4.78, 5) is 28.7. The highest BCUT2D eigenvalue weighted by Crippen LogP contribution is 2.30. The van der Waals surface area contributed by atoms with E-state index in [1.807, 2.05) is 35.2 Å². The summed E-state index contributed by atoms with van der Waals surface area (Å²) in [5.41, 5.74) is 7.07. The number of nitrogens with zero attached hydrogens (tertiary/aromatic N) is 4. The van der Waals surface area contributed by atoms with Crippen LogP contribution in [0.2, 0.25) is 0 Å². The van der Waals surface area contributed by atoms with Crippen molar-refractivity contribution in [2.24, 2.45) is 11.7 Å². The van der Waals surface area contributed by atoms with E-state index in [2.05, 4.69) is 10.2 Å². The summed E-state index contributed by atoms with van der Waals surface area (Å²) in [6, 6.07) is 10.2. The third-order valence-corrected chi connectivity index (χ3v) is 6.16. The molecule has 0 saturated carbocycles. The van der Waals surface area contributed by atoms with Gasteiger partial charge >= 0.3 is 0 Å². The van der Waals surface area contributed by atoms with Crippen LogP contribution in [0.5, 0.6) is 0 Å². The molecule has 1 unspecified atom stereocenters. The zero-order chi connectivity index (χ0) is 18.8. The van der Waals surface area contributed by atoms with Crippen LogP contribution < -0.4 is 10.6 Å². The summed E-state index contributed by atoms with van der Waals surface area (Å²) in [5, 5.41) is 9.87. The summed E-state index contributed by atoms with van der Waals surface area (Å²) < 4.78 is 0. The number of likely N-dealkylation sites (tertiary alicyclic amines) is 1. The minimum Gasteiger partial charge on any atom is -0.342 e. The average molecular weight is 385 g/mol. The predicted octanol–water partition coefficient (Wildman–Crippen LogP) is 1.43. The van der Waals surface area contributed by atoms with E-state index in [9.17, 15) is 9.59 Å². The van der Waals surface area contributed by atoms with E-state index in [-0.39, 0.29) is 30.2 Å². The van der Waals surface area contributed by atoms with Gasteiger partial charge in [0.1, 0.15) is 5.01 Å². The topological polar surface area (TPSA) is 92.4 Å². The molecule has 2 aliphatic rings. The Morgan fingerprint density at radius 2 is 1.93 bits per heavy atom. The Morgan fingerprint density at radius 1 is 1.19 bits per heavy atom. The zero-order valence-corrected chi connectivity index (χ0v) is 15.9. The molecule has 2 amide bonds. The molecular formula is C19H23N5O2S. The molecule has 2 aliphatic heterocycles. The molecule has 0 spiro atoms. The largest absolute Gasteiger partial charge is 0.342 e. The summed E-state index contributed by atoms with van der Waals surface area (Å²) >= 11 is 1.42. The van der Waals surface area contributed by atoms with Gasteiger partial charge in [-0.3, -0.25) is 14.5 Å². The number of nitrogens with two attached hydrogens (primary N) is 1. The number of carbonyl (C=O) groups excluding carboxylic acids is 2. The van der Waals surface area contributed by atoms with Crippen LogP contribution in [0.4, 0.5) is 5.13 Å². The fourth-order valence-corrected chi connectivity index (χ4v) is 4.53. The molecule has 2 aromatic rings. The van der Waals surface area contributed by atoms with Crippen LogP contribution in [-0.2, 0) is 16.0 Å². The Kier molecular flexibility index (Phi) is 5.18. The van der Waals surface area contributed by atoms with Crippen molar-refractivity contribution in [2.75, 3.05) is 24.5 Å². The van der Waals surface area contributed by atoms with E-state index < -0.39 is 0 Å². The second-order valence-corrected chi connectivity index (χ2v) is 8.25. The molecule has 2 saturated heterocycles. The van der Waals surface area contributed by atoms with Gasteiger partial charge in [0.2, 0.25) is 16.9 Å². The minimum absolute atomic E-state index is 0.0514. The first-order valence-electron chi connectivity index (χ1n) is 9.31. The molecule has 2 N–H and O–H groups in total. The van der Waals surface area contributed by atoms with Crippen molar-refractivity contribution in [2.45, 2.75) is 31.7 Å². The monoisotopic (exact) mass is 385 g/mol. The standard InChI is InChI=1S/C19H23N5O2S/c20-15-6-8-23(9-7-15)18(26)14-11-17(25)24(12-14)19-22-21-16(27-19)10-13-4-2-1-3-5-13/h1-5,14-15H,6-12,20H2. The van der Waals surface area contributed by atoms with Crippen LogP contribution >= 0.6 is 11.3 Å². The Morgan fingerprint density at radius 3 is 2.67 bits per heavy atom. The SMILES string of the molecule is NC1CCN(C(=O)C2CC(=O)N(c3nnc(Cc4ccccc4)s3)C2)CC1. The lowest BCUT2D eigenvalue weighted by atomic mass is 10.0. The second kappa shape index (κ2) is 7.74. The molecule has 142 valence electrons. The van der Waals surface area contributed by atoms with Gasteiger partial charge in [0.25, 0.3) is 0 Å². The van der Waals surface area contributed by atoms with Crippen LogP contribution in [0.3, 0.4) is 0 Å². The summed E-state index contributed by atoms with van der Waals surface area (Å²) in [7, 11) is 0. The van der Waals surface area contributed by atoms with Crippen LogP contribution in [0.25, 0.3) is 0 Å². The molecule has 0 radical (unpaired) electrons. The number of piperidine rings is 1. The van der Waals surface area contributed by atoms with Gasteiger partial charge in [0, 0.05) is 38.5 Å². The Bertz CT molecular complexity index is 817. The fraction of sp³-hybridized carbons (Fsp3) is 0.474. The number of carbonyl (C=O) groups is 2. The molecule has 0 aliphatic carbocycles. The van der Waals surface area contributed by atoms with Crippen LogP contribution in [0.15, 0.2) is 30.3 Å². The normalized spacial score (nSPS) is 21.1. The van der Waals surface area contributed by atoms with Crippen molar-refractivity contribution in [3.05, 3.63) is 40.9 Å². The lowest BCUT2D eigenvalue weighted by molar-refractivity contribution is -0.136. The number of hydrogen-bond acceptors (Lipinski definition) is 6. The van der Waals surface area contributed by atoms with Crippen LogP contribution in [-0.4, -0.2) is 52.6 Å². The second-order valence-electron chi connectivity index (χ2n) is 7.21. The summed E-state index contributed by atoms with van der Waals surface area (Å²) in [6.45, 7) is 1.76. The maximum atomic E-state index is 12.7. The van der Waals surface area contributed by atoms with Crippen molar-refractivity contribution in [1.29, 1.82) is 0 Å². The molecule has 0 bridgehead atoms. The van der Waals surface area contributed by atoms with E-state index in [0.29, 0.717) is 31.2 Å². The first kappa shape index (κ1) is 18.1. The molecule has 1 aromatic heterocycles. The van der Waals surface area contributed by atoms with E-state index in [0.717, 1.165) is 23.4 Å². The molecule has 4 rings (SSSR count). The smallest absolute Gasteiger partial charge is 0.229 e. The average Bonchev–Trinajstić information content (AvgIpc) is 3.29. The van der Waals surface area contributed by atoms with Gasteiger partial charge in [-0.05, 0) is 18.4 Å². The number of hydrogen-bond donors (Lipinski definition) is 1. The van der Waals surface area contributed by atoms with Crippen molar-refractivity contribution >= 4 is 28.3 Å². The molecule has 1 aromatic carbocycles. The third-order valence-electron chi connectivity index (χ3n) is 5.21. The van der Waals surface area contributed by atoms with E-state index in [4.69, 9.17) is 5.73 Å². The van der Waals surface area contributed by atoms with Crippen molar-refractivity contribution in [3.8, 4) is 0 Å². The fourth-order valence-electron chi connectivity index (χ4n) is 3.63. The highest BCUT2D eigenvalue weighted by molar-refractivity contribution is 7.15. The van der Waals surface area contributed by atoms with Gasteiger partial charge in [-0.1, -0.05) is 41.7 Å². The lowest BCUT2D eigenvalue weighted by Gasteiger charge is -2.31. The van der Waals surface area contributed by atoms with Gasteiger partial charge < -0.3 is 10.6 Å². The van der Waals surface area contributed by atoms with E-state index in [1.165, 1.54) is 11.3 Å². The number of benzene rings is 1. The maximum absolute atomic E-state index is 12.7. The highest BCUT2D eigenvalue weighted by Gasteiger charge is 2.39.